The third-order valence-corrected chi connectivity index (χ3v) is 9.56. The number of thiophene rings is 2. The van der Waals surface area contributed by atoms with E-state index in [1.807, 2.05) is 0 Å². The average Bonchev–Trinajstić information content (AvgIpc) is 3.33. The van der Waals surface area contributed by atoms with Crippen molar-refractivity contribution in [1.82, 2.24) is 14.1 Å². The summed E-state index contributed by atoms with van der Waals surface area (Å²) in [6.07, 6.45) is -9.51. The Morgan fingerprint density at radius 2 is 1.64 bits per heavy atom. The van der Waals surface area contributed by atoms with Crippen molar-refractivity contribution in [2.24, 2.45) is 14.1 Å². The van der Waals surface area contributed by atoms with Gasteiger partial charge < -0.3 is 9.13 Å². The number of imidazole rings is 1. The Morgan fingerprint density at radius 1 is 1.00 bits per heavy atom. The maximum Gasteiger partial charge on any atom is 0.431 e. The van der Waals surface area contributed by atoms with Crippen molar-refractivity contribution >= 4 is 52.9 Å². The van der Waals surface area contributed by atoms with Crippen LogP contribution in [0.1, 0.15) is 17.5 Å². The van der Waals surface area contributed by atoms with E-state index < -0.39 is 44.1 Å². The van der Waals surface area contributed by atoms with Gasteiger partial charge in [0.1, 0.15) is 21.0 Å². The van der Waals surface area contributed by atoms with Gasteiger partial charge in [-0.2, -0.15) is 26.3 Å². The molecule has 0 radical (unpaired) electrons. The Labute approximate surface area is 189 Å². The summed E-state index contributed by atoms with van der Waals surface area (Å²) < 4.78 is 107. The monoisotopic (exact) mass is 529 g/mol. The summed E-state index contributed by atoms with van der Waals surface area (Å²) in [4.78, 5) is 15.3. The standard InChI is InChI=1S/C18H13F6N3O3S3/c1-4-33(29,30)14-12-8(6-10(32-12)18(22,23)24)31-13(14)15-25-7-5-9(17(19,20)21)26(2)16(28)11(7)27(15)3/h5-6H,4H2,1-3H3. The summed E-state index contributed by atoms with van der Waals surface area (Å²) in [5, 5.41) is 0. The van der Waals surface area contributed by atoms with Crippen LogP contribution in [-0.2, 0) is 36.3 Å². The quantitative estimate of drug-likeness (QED) is 0.349. The van der Waals surface area contributed by atoms with Crippen LogP contribution in [0.15, 0.2) is 21.8 Å². The van der Waals surface area contributed by atoms with Crippen molar-refractivity contribution in [2.45, 2.75) is 24.2 Å². The number of rotatable bonds is 3. The zero-order valence-corrected chi connectivity index (χ0v) is 19.4. The highest BCUT2D eigenvalue weighted by Crippen LogP contribution is 2.48. The molecule has 0 bridgehead atoms. The molecule has 0 aliphatic rings. The average molecular weight is 530 g/mol. The van der Waals surface area contributed by atoms with Gasteiger partial charge >= 0.3 is 12.4 Å². The summed E-state index contributed by atoms with van der Waals surface area (Å²) in [7, 11) is -1.78. The van der Waals surface area contributed by atoms with E-state index in [1.54, 1.807) is 0 Å². The van der Waals surface area contributed by atoms with Crippen molar-refractivity contribution in [3.63, 3.8) is 0 Å². The molecule has 178 valence electrons. The van der Waals surface area contributed by atoms with Crippen molar-refractivity contribution < 1.29 is 34.8 Å². The summed E-state index contributed by atoms with van der Waals surface area (Å²) in [5.41, 5.74) is -2.75. The van der Waals surface area contributed by atoms with Gasteiger partial charge in [-0.05, 0) is 12.1 Å². The van der Waals surface area contributed by atoms with E-state index >= 15 is 0 Å². The van der Waals surface area contributed by atoms with E-state index in [-0.39, 0.29) is 47.4 Å². The maximum absolute atomic E-state index is 13.3. The molecule has 4 aromatic rings. The van der Waals surface area contributed by atoms with E-state index in [0.29, 0.717) is 10.6 Å². The second-order valence-corrected chi connectivity index (χ2v) is 11.4. The van der Waals surface area contributed by atoms with E-state index in [0.717, 1.165) is 29.0 Å². The summed E-state index contributed by atoms with van der Waals surface area (Å²) in [6, 6.07) is 1.50. The molecule has 4 heterocycles. The highest BCUT2D eigenvalue weighted by atomic mass is 32.2. The molecule has 0 atom stereocenters. The van der Waals surface area contributed by atoms with Crippen molar-refractivity contribution in [3.8, 4) is 10.7 Å². The van der Waals surface area contributed by atoms with Gasteiger partial charge in [0.25, 0.3) is 5.56 Å². The van der Waals surface area contributed by atoms with Crippen LogP contribution in [0.2, 0.25) is 0 Å². The first-order chi connectivity index (χ1) is 15.1. The third kappa shape index (κ3) is 3.65. The number of hydrogen-bond donors (Lipinski definition) is 0. The molecule has 0 aromatic carbocycles. The molecule has 0 fully saturated rings. The van der Waals surface area contributed by atoms with Gasteiger partial charge in [-0.3, -0.25) is 4.79 Å². The first-order valence-corrected chi connectivity index (χ1v) is 12.4. The van der Waals surface area contributed by atoms with E-state index in [4.69, 9.17) is 0 Å². The predicted octanol–water partition coefficient (Wildman–Crippen LogP) is 5.05. The van der Waals surface area contributed by atoms with Crippen LogP contribution in [0.3, 0.4) is 0 Å². The van der Waals surface area contributed by atoms with Gasteiger partial charge in [0, 0.05) is 18.8 Å². The Balaban J connectivity index is 2.09. The SMILES string of the molecule is CCS(=O)(=O)c1c(-c2nc3cc(C(F)(F)F)n(C)c(=O)c3n2C)sc2cc(C(F)(F)F)sc12. The first kappa shape index (κ1) is 23.8. The van der Waals surface area contributed by atoms with Gasteiger partial charge in [0.15, 0.2) is 15.7 Å². The Bertz CT molecular complexity index is 1590. The summed E-state index contributed by atoms with van der Waals surface area (Å²) >= 11 is 0.990. The number of fused-ring (bicyclic) bond motifs is 2. The molecule has 0 saturated carbocycles. The molecule has 0 N–H and O–H groups in total. The van der Waals surface area contributed by atoms with Crippen molar-refractivity contribution in [1.29, 1.82) is 0 Å². The lowest BCUT2D eigenvalue weighted by Gasteiger charge is -2.11. The Morgan fingerprint density at radius 3 is 2.18 bits per heavy atom. The highest BCUT2D eigenvalue weighted by Gasteiger charge is 2.38. The molecular weight excluding hydrogens is 516 g/mol. The van der Waals surface area contributed by atoms with Gasteiger partial charge in [0.2, 0.25) is 0 Å². The fourth-order valence-corrected chi connectivity index (χ4v) is 7.87. The molecule has 33 heavy (non-hydrogen) atoms. The van der Waals surface area contributed by atoms with E-state index in [9.17, 15) is 39.6 Å². The van der Waals surface area contributed by atoms with Gasteiger partial charge in [-0.15, -0.1) is 22.7 Å². The lowest BCUT2D eigenvalue weighted by atomic mass is 10.3. The number of pyridine rings is 1. The molecule has 0 amide bonds. The van der Waals surface area contributed by atoms with Crippen LogP contribution < -0.4 is 5.56 Å². The fraction of sp³-hybridized carbons (Fsp3) is 0.333. The lowest BCUT2D eigenvalue weighted by Crippen LogP contribution is -2.26. The highest BCUT2D eigenvalue weighted by molar-refractivity contribution is 7.92. The summed E-state index contributed by atoms with van der Waals surface area (Å²) in [5.74, 6) is -0.551. The number of aromatic nitrogens is 3. The van der Waals surface area contributed by atoms with Gasteiger partial charge in [-0.1, -0.05) is 6.92 Å². The minimum atomic E-state index is -4.84. The first-order valence-electron chi connectivity index (χ1n) is 9.08. The van der Waals surface area contributed by atoms with Gasteiger partial charge in [-0.25, -0.2) is 13.4 Å². The van der Waals surface area contributed by atoms with Crippen LogP contribution in [0.25, 0.3) is 31.1 Å². The molecule has 0 aliphatic heterocycles. The second kappa shape index (κ2) is 7.30. The number of alkyl halides is 6. The van der Waals surface area contributed by atoms with E-state index in [1.165, 1.54) is 14.0 Å². The zero-order valence-electron chi connectivity index (χ0n) is 16.9. The number of hydrogen-bond acceptors (Lipinski definition) is 6. The second-order valence-electron chi connectivity index (χ2n) is 7.09. The van der Waals surface area contributed by atoms with Crippen molar-refractivity contribution in [3.05, 3.63) is 33.1 Å². The maximum atomic E-state index is 13.3. The Hall–Kier alpha value is -2.39. The largest absolute Gasteiger partial charge is 0.431 e. The van der Waals surface area contributed by atoms with E-state index in [2.05, 4.69) is 4.98 Å². The molecule has 0 spiro atoms. The molecule has 0 saturated heterocycles. The van der Waals surface area contributed by atoms with Crippen LogP contribution in [0.4, 0.5) is 26.3 Å². The number of halogens is 6. The Kier molecular flexibility index (Phi) is 5.26. The topological polar surface area (TPSA) is 74.0 Å². The molecule has 0 aliphatic carbocycles. The molecule has 6 nitrogen and oxygen atoms in total. The number of aryl methyl sites for hydroxylation is 1. The van der Waals surface area contributed by atoms with Crippen LogP contribution in [0, 0.1) is 0 Å². The predicted molar refractivity (Wildman–Crippen MR) is 112 cm³/mol. The summed E-state index contributed by atoms with van der Waals surface area (Å²) in [6.45, 7) is 1.32. The molecule has 4 aromatic heterocycles. The normalized spacial score (nSPS) is 13.5. The fourth-order valence-electron chi connectivity index (χ4n) is 3.42. The number of sulfone groups is 1. The number of nitrogens with zero attached hydrogens (tertiary/aromatic N) is 3. The zero-order chi connectivity index (χ0) is 24.7. The van der Waals surface area contributed by atoms with Crippen LogP contribution in [-0.4, -0.2) is 28.3 Å². The minimum absolute atomic E-state index is 0.0406. The molecular formula is C18H13F6N3O3S3. The smallest absolute Gasteiger partial charge is 0.322 e. The van der Waals surface area contributed by atoms with Gasteiger partial charge in [0.05, 0.1) is 20.8 Å². The van der Waals surface area contributed by atoms with Crippen LogP contribution >= 0.6 is 22.7 Å². The third-order valence-electron chi connectivity index (χ3n) is 5.05. The molecule has 0 unspecified atom stereocenters. The lowest BCUT2D eigenvalue weighted by molar-refractivity contribution is -0.143. The molecule has 15 heteroatoms. The molecule has 4 rings (SSSR count). The van der Waals surface area contributed by atoms with Crippen molar-refractivity contribution in [2.75, 3.05) is 5.75 Å². The van der Waals surface area contributed by atoms with Crippen LogP contribution in [0.5, 0.6) is 0 Å². The minimum Gasteiger partial charge on any atom is -0.322 e.